The number of hydrogen-bond acceptors (Lipinski definition) is 6. The lowest BCUT2D eigenvalue weighted by Gasteiger charge is -2.23. The summed E-state index contributed by atoms with van der Waals surface area (Å²) in [6.45, 7) is -3.27. The molecular weight excluding hydrogens is 429 g/mol. The molecule has 1 saturated carbocycles. The molecule has 2 amide bonds. The standard InChI is InChI=1S/C20H19F3N6O3/c1-28-8-25-15-12(28)7-14(26-18(15)27-19(31)9-3-4-9)29(2)16-11(21)5-10(17(24)30)6-13(16)32-20(22)23/h5-9,20H,3-4H2,1-2H3,(H2,24,30)(H,26,27,31). The zero-order chi connectivity index (χ0) is 23.2. The van der Waals surface area contributed by atoms with Gasteiger partial charge >= 0.3 is 6.61 Å². The van der Waals surface area contributed by atoms with Crippen molar-refractivity contribution < 1.29 is 27.5 Å². The largest absolute Gasteiger partial charge is 0.432 e. The molecule has 12 heteroatoms. The monoisotopic (exact) mass is 448 g/mol. The fourth-order valence-corrected chi connectivity index (χ4v) is 3.28. The maximum absolute atomic E-state index is 14.9. The number of primary amides is 1. The number of fused-ring (bicyclic) bond motifs is 1. The van der Waals surface area contributed by atoms with Gasteiger partial charge in [-0.1, -0.05) is 0 Å². The van der Waals surface area contributed by atoms with Crippen molar-refractivity contribution in [2.24, 2.45) is 18.7 Å². The minimum atomic E-state index is -3.27. The number of amides is 2. The number of halogens is 3. The van der Waals surface area contributed by atoms with Crippen LogP contribution in [-0.2, 0) is 11.8 Å². The average molecular weight is 448 g/mol. The van der Waals surface area contributed by atoms with E-state index in [2.05, 4.69) is 20.0 Å². The van der Waals surface area contributed by atoms with E-state index in [-0.39, 0.29) is 34.7 Å². The number of aryl methyl sites for hydroxylation is 1. The molecule has 1 aliphatic rings. The molecule has 0 saturated heterocycles. The lowest BCUT2D eigenvalue weighted by atomic mass is 10.1. The summed E-state index contributed by atoms with van der Waals surface area (Å²) in [5.41, 5.74) is 5.43. The number of carbonyl (C=O) groups excluding carboxylic acids is 2. The number of pyridine rings is 1. The number of ether oxygens (including phenoxy) is 1. The molecule has 168 valence electrons. The predicted molar refractivity (Wildman–Crippen MR) is 109 cm³/mol. The summed E-state index contributed by atoms with van der Waals surface area (Å²) in [5, 5.41) is 2.73. The summed E-state index contributed by atoms with van der Waals surface area (Å²) in [4.78, 5) is 33.5. The number of benzene rings is 1. The molecule has 2 heterocycles. The summed E-state index contributed by atoms with van der Waals surface area (Å²) in [6, 6.07) is 3.31. The first-order valence-corrected chi connectivity index (χ1v) is 9.60. The minimum absolute atomic E-state index is 0.0956. The Bertz CT molecular complexity index is 1230. The number of hydrogen-bond donors (Lipinski definition) is 2. The molecule has 1 aliphatic carbocycles. The van der Waals surface area contributed by atoms with Crippen molar-refractivity contribution in [3.63, 3.8) is 0 Å². The van der Waals surface area contributed by atoms with Crippen molar-refractivity contribution in [3.05, 3.63) is 35.9 Å². The molecule has 0 atom stereocenters. The van der Waals surface area contributed by atoms with Gasteiger partial charge < -0.3 is 25.3 Å². The van der Waals surface area contributed by atoms with E-state index in [9.17, 15) is 22.8 Å². The summed E-state index contributed by atoms with van der Waals surface area (Å²) in [5.74, 6) is -2.63. The fourth-order valence-electron chi connectivity index (χ4n) is 3.28. The van der Waals surface area contributed by atoms with Crippen molar-refractivity contribution in [2.45, 2.75) is 19.5 Å². The van der Waals surface area contributed by atoms with Crippen LogP contribution in [0.1, 0.15) is 23.2 Å². The lowest BCUT2D eigenvalue weighted by molar-refractivity contribution is -0.117. The number of imidazole rings is 1. The maximum Gasteiger partial charge on any atom is 0.387 e. The van der Waals surface area contributed by atoms with Crippen LogP contribution < -0.4 is 20.7 Å². The molecule has 32 heavy (non-hydrogen) atoms. The van der Waals surface area contributed by atoms with Crippen LogP contribution in [0.25, 0.3) is 11.0 Å². The third-order valence-corrected chi connectivity index (χ3v) is 5.10. The average Bonchev–Trinajstić information content (AvgIpc) is 3.50. The molecule has 1 aromatic carbocycles. The Kier molecular flexibility index (Phi) is 5.36. The van der Waals surface area contributed by atoms with Crippen LogP contribution >= 0.6 is 0 Å². The van der Waals surface area contributed by atoms with Crippen molar-refractivity contribution in [2.75, 3.05) is 17.3 Å². The molecule has 4 rings (SSSR count). The summed E-state index contributed by atoms with van der Waals surface area (Å²) < 4.78 is 47.0. The molecule has 0 unspecified atom stereocenters. The second-order valence-corrected chi connectivity index (χ2v) is 7.42. The fraction of sp³-hybridized carbons (Fsp3) is 0.300. The molecule has 0 aliphatic heterocycles. The van der Waals surface area contributed by atoms with Crippen LogP contribution in [0.15, 0.2) is 24.5 Å². The van der Waals surface area contributed by atoms with Gasteiger partial charge in [0.05, 0.1) is 11.8 Å². The van der Waals surface area contributed by atoms with Gasteiger partial charge in [-0.3, -0.25) is 9.59 Å². The van der Waals surface area contributed by atoms with E-state index in [1.807, 2.05) is 0 Å². The molecule has 1 fully saturated rings. The number of nitrogens with zero attached hydrogens (tertiary/aromatic N) is 4. The topological polar surface area (TPSA) is 115 Å². The summed E-state index contributed by atoms with van der Waals surface area (Å²) in [6.07, 6.45) is 3.08. The zero-order valence-electron chi connectivity index (χ0n) is 17.1. The number of nitrogens with one attached hydrogen (secondary N) is 1. The SMILES string of the molecule is CN(c1cc2c(ncn2C)c(NC(=O)C2CC2)n1)c1c(F)cc(C(N)=O)cc1OC(F)F. The Labute approximate surface area is 180 Å². The van der Waals surface area contributed by atoms with Gasteiger partial charge in [-0.25, -0.2) is 14.4 Å². The Morgan fingerprint density at radius 2 is 2.03 bits per heavy atom. The number of carbonyl (C=O) groups is 2. The number of anilines is 3. The van der Waals surface area contributed by atoms with E-state index < -0.39 is 24.1 Å². The van der Waals surface area contributed by atoms with Gasteiger partial charge in [-0.05, 0) is 25.0 Å². The van der Waals surface area contributed by atoms with Crippen LogP contribution in [0, 0.1) is 11.7 Å². The van der Waals surface area contributed by atoms with Gasteiger partial charge in [0.2, 0.25) is 11.8 Å². The van der Waals surface area contributed by atoms with Crippen molar-refractivity contribution in [3.8, 4) is 5.75 Å². The Hall–Kier alpha value is -3.83. The van der Waals surface area contributed by atoms with Gasteiger partial charge in [-0.2, -0.15) is 8.78 Å². The number of alkyl halides is 2. The van der Waals surface area contributed by atoms with Gasteiger partial charge in [0.1, 0.15) is 17.0 Å². The van der Waals surface area contributed by atoms with Crippen LogP contribution in [0.4, 0.5) is 30.5 Å². The highest BCUT2D eigenvalue weighted by Gasteiger charge is 2.31. The molecule has 0 radical (unpaired) electrons. The van der Waals surface area contributed by atoms with Gasteiger partial charge in [0.15, 0.2) is 17.4 Å². The molecule has 3 N–H and O–H groups in total. The molecule has 3 aromatic rings. The highest BCUT2D eigenvalue weighted by Crippen LogP contribution is 2.38. The van der Waals surface area contributed by atoms with Crippen molar-refractivity contribution >= 4 is 40.2 Å². The van der Waals surface area contributed by atoms with Gasteiger partial charge in [0, 0.05) is 31.6 Å². The van der Waals surface area contributed by atoms with Crippen LogP contribution in [0.2, 0.25) is 0 Å². The second kappa shape index (κ2) is 8.02. The number of rotatable bonds is 7. The van der Waals surface area contributed by atoms with E-state index in [4.69, 9.17) is 5.73 Å². The first-order valence-electron chi connectivity index (χ1n) is 9.60. The van der Waals surface area contributed by atoms with E-state index in [0.717, 1.165) is 25.0 Å². The molecule has 2 aromatic heterocycles. The molecule has 0 spiro atoms. The first-order chi connectivity index (χ1) is 15.2. The van der Waals surface area contributed by atoms with Crippen molar-refractivity contribution in [1.29, 1.82) is 0 Å². The first kappa shape index (κ1) is 21.4. The maximum atomic E-state index is 14.9. The van der Waals surface area contributed by atoms with E-state index in [1.165, 1.54) is 18.3 Å². The van der Waals surface area contributed by atoms with E-state index >= 15 is 0 Å². The highest BCUT2D eigenvalue weighted by molar-refractivity contribution is 6.01. The van der Waals surface area contributed by atoms with E-state index in [0.29, 0.717) is 11.0 Å². The quantitative estimate of drug-likeness (QED) is 0.574. The Morgan fingerprint density at radius 1 is 1.31 bits per heavy atom. The number of aromatic nitrogens is 3. The smallest absolute Gasteiger partial charge is 0.387 e. The van der Waals surface area contributed by atoms with Gasteiger partial charge in [0.25, 0.3) is 0 Å². The Morgan fingerprint density at radius 3 is 2.66 bits per heavy atom. The van der Waals surface area contributed by atoms with Crippen LogP contribution in [-0.4, -0.2) is 40.0 Å². The van der Waals surface area contributed by atoms with E-state index in [1.54, 1.807) is 17.7 Å². The predicted octanol–water partition coefficient (Wildman–Crippen LogP) is 2.92. The lowest BCUT2D eigenvalue weighted by Crippen LogP contribution is -2.20. The highest BCUT2D eigenvalue weighted by atomic mass is 19.3. The van der Waals surface area contributed by atoms with Crippen LogP contribution in [0.5, 0.6) is 5.75 Å². The van der Waals surface area contributed by atoms with Crippen LogP contribution in [0.3, 0.4) is 0 Å². The van der Waals surface area contributed by atoms with Crippen molar-refractivity contribution in [1.82, 2.24) is 14.5 Å². The minimum Gasteiger partial charge on any atom is -0.432 e. The molecule has 9 nitrogen and oxygen atoms in total. The molecule has 0 bridgehead atoms. The summed E-state index contributed by atoms with van der Waals surface area (Å²) in [7, 11) is 3.11. The third-order valence-electron chi connectivity index (χ3n) is 5.10. The Balaban J connectivity index is 1.82. The van der Waals surface area contributed by atoms with Gasteiger partial charge in [-0.15, -0.1) is 0 Å². The zero-order valence-corrected chi connectivity index (χ0v) is 17.1. The second-order valence-electron chi connectivity index (χ2n) is 7.42. The third kappa shape index (κ3) is 4.03. The normalized spacial score (nSPS) is 13.4. The summed E-state index contributed by atoms with van der Waals surface area (Å²) >= 11 is 0. The molecular formula is C20H19F3N6O3. The number of nitrogens with two attached hydrogens (primary N) is 1.